The fraction of sp³-hybridized carbons (Fsp3) is 0.500. The lowest BCUT2D eigenvalue weighted by molar-refractivity contribution is 0.00578. The van der Waals surface area contributed by atoms with Crippen LogP contribution >= 0.6 is 12.6 Å². The largest absolute Gasteiger partial charge is 0.494 e. The highest BCUT2D eigenvalue weighted by Gasteiger charge is 2.51. The predicted molar refractivity (Wildman–Crippen MR) is 86.7 cm³/mol. The maximum atomic E-state index is 6.07. The van der Waals surface area contributed by atoms with E-state index in [1.54, 1.807) is 0 Å². The fourth-order valence-corrected chi connectivity index (χ4v) is 2.48. The van der Waals surface area contributed by atoms with Crippen molar-refractivity contribution in [3.63, 3.8) is 0 Å². The monoisotopic (exact) mass is 288 g/mol. The molecule has 1 aliphatic rings. The van der Waals surface area contributed by atoms with Crippen molar-refractivity contribution in [3.05, 3.63) is 23.3 Å². The van der Waals surface area contributed by atoms with Crippen LogP contribution in [0.4, 0.5) is 0 Å². The van der Waals surface area contributed by atoms with Crippen molar-refractivity contribution in [2.24, 2.45) is 0 Å². The summed E-state index contributed by atoms with van der Waals surface area (Å²) in [5, 5.41) is 0. The van der Waals surface area contributed by atoms with Crippen LogP contribution in [0.3, 0.4) is 0 Å². The van der Waals surface area contributed by atoms with Crippen LogP contribution < -0.4 is 5.46 Å². The summed E-state index contributed by atoms with van der Waals surface area (Å²) in [7, 11) is -0.372. The molecule has 20 heavy (non-hydrogen) atoms. The highest BCUT2D eigenvalue weighted by Crippen LogP contribution is 2.36. The molecule has 0 aromatic heterocycles. The summed E-state index contributed by atoms with van der Waals surface area (Å²) in [6.07, 6.45) is 6.02. The van der Waals surface area contributed by atoms with Crippen LogP contribution in [-0.4, -0.2) is 18.3 Å². The third-order valence-electron chi connectivity index (χ3n) is 4.33. The van der Waals surface area contributed by atoms with Crippen LogP contribution in [-0.2, 0) is 15.7 Å². The first-order chi connectivity index (χ1) is 9.18. The first-order valence-electron chi connectivity index (χ1n) is 6.79. The zero-order valence-electron chi connectivity index (χ0n) is 12.8. The van der Waals surface area contributed by atoms with E-state index in [2.05, 4.69) is 24.6 Å². The van der Waals surface area contributed by atoms with Crippen molar-refractivity contribution in [1.29, 1.82) is 0 Å². The van der Waals surface area contributed by atoms with Gasteiger partial charge in [0.05, 0.1) is 11.2 Å². The van der Waals surface area contributed by atoms with Gasteiger partial charge in [0, 0.05) is 11.3 Å². The molecule has 0 bridgehead atoms. The zero-order chi connectivity index (χ0) is 15.1. The van der Waals surface area contributed by atoms with Crippen LogP contribution in [0.25, 0.3) is 0 Å². The topological polar surface area (TPSA) is 18.5 Å². The third kappa shape index (κ3) is 2.63. The minimum Gasteiger partial charge on any atom is -0.399 e. The Kier molecular flexibility index (Phi) is 3.99. The normalized spacial score (nSPS) is 19.9. The number of rotatable bonds is 2. The Hall–Kier alpha value is -0.885. The molecule has 0 atom stereocenters. The van der Waals surface area contributed by atoms with Gasteiger partial charge in [-0.25, -0.2) is 0 Å². The van der Waals surface area contributed by atoms with Gasteiger partial charge in [0.2, 0.25) is 0 Å². The van der Waals surface area contributed by atoms with E-state index in [4.69, 9.17) is 15.7 Å². The average Bonchev–Trinajstić information content (AvgIpc) is 2.54. The van der Waals surface area contributed by atoms with Gasteiger partial charge in [-0.05, 0) is 57.3 Å². The second kappa shape index (κ2) is 5.14. The van der Waals surface area contributed by atoms with E-state index in [-0.39, 0.29) is 18.3 Å². The minimum absolute atomic E-state index is 0.342. The van der Waals surface area contributed by atoms with Gasteiger partial charge >= 0.3 is 7.12 Å². The van der Waals surface area contributed by atoms with Crippen LogP contribution in [0.2, 0.25) is 0 Å². The van der Waals surface area contributed by atoms with Gasteiger partial charge in [0.15, 0.2) is 0 Å². The Labute approximate surface area is 127 Å². The van der Waals surface area contributed by atoms with E-state index >= 15 is 0 Å². The quantitative estimate of drug-likeness (QED) is 0.512. The molecule has 1 aromatic rings. The van der Waals surface area contributed by atoms with Crippen molar-refractivity contribution < 1.29 is 9.31 Å². The molecular formula is C16H21BO2S. The van der Waals surface area contributed by atoms with Crippen molar-refractivity contribution >= 4 is 25.2 Å². The molecule has 0 amide bonds. The molecule has 0 unspecified atom stereocenters. The first kappa shape index (κ1) is 15.5. The molecule has 0 saturated carbocycles. The standard InChI is InChI=1S/C16H21BO2S/c1-7-8-12-9-13(10-14(20)11(12)2)17-18-15(3,4)16(5,6)19-17/h1,9-10,20H,8H2,2-6H3. The lowest BCUT2D eigenvalue weighted by Gasteiger charge is -2.32. The van der Waals surface area contributed by atoms with Crippen molar-refractivity contribution in [2.75, 3.05) is 0 Å². The van der Waals surface area contributed by atoms with Gasteiger partial charge in [-0.3, -0.25) is 0 Å². The van der Waals surface area contributed by atoms with Gasteiger partial charge in [-0.1, -0.05) is 6.07 Å². The molecule has 0 spiro atoms. The lowest BCUT2D eigenvalue weighted by Crippen LogP contribution is -2.41. The molecule has 4 heteroatoms. The Morgan fingerprint density at radius 2 is 1.75 bits per heavy atom. The minimum atomic E-state index is -0.372. The summed E-state index contributed by atoms with van der Waals surface area (Å²) < 4.78 is 12.1. The van der Waals surface area contributed by atoms with Gasteiger partial charge in [0.1, 0.15) is 0 Å². The molecule has 1 saturated heterocycles. The fourth-order valence-electron chi connectivity index (χ4n) is 2.19. The molecule has 2 rings (SSSR count). The molecule has 0 radical (unpaired) electrons. The van der Waals surface area contributed by atoms with Crippen LogP contribution in [0, 0.1) is 19.3 Å². The van der Waals surface area contributed by atoms with E-state index in [0.717, 1.165) is 21.5 Å². The maximum absolute atomic E-state index is 6.07. The number of terminal acetylenes is 1. The van der Waals surface area contributed by atoms with E-state index in [9.17, 15) is 0 Å². The molecule has 1 heterocycles. The van der Waals surface area contributed by atoms with E-state index in [0.29, 0.717) is 6.42 Å². The zero-order valence-corrected chi connectivity index (χ0v) is 13.7. The molecule has 1 aromatic carbocycles. The van der Waals surface area contributed by atoms with E-state index < -0.39 is 0 Å². The second-order valence-corrected chi connectivity index (χ2v) is 6.78. The Bertz CT molecular complexity index is 557. The summed E-state index contributed by atoms with van der Waals surface area (Å²) >= 11 is 4.53. The van der Waals surface area contributed by atoms with Gasteiger partial charge in [-0.2, -0.15) is 0 Å². The Morgan fingerprint density at radius 1 is 1.20 bits per heavy atom. The summed E-state index contributed by atoms with van der Waals surface area (Å²) in [5.41, 5.74) is 2.51. The molecule has 1 fully saturated rings. The lowest BCUT2D eigenvalue weighted by atomic mass is 9.77. The summed E-state index contributed by atoms with van der Waals surface area (Å²) in [4.78, 5) is 0.919. The molecular weight excluding hydrogens is 267 g/mol. The van der Waals surface area contributed by atoms with Crippen LogP contribution in [0.5, 0.6) is 0 Å². The van der Waals surface area contributed by atoms with Gasteiger partial charge in [0.25, 0.3) is 0 Å². The van der Waals surface area contributed by atoms with Crippen molar-refractivity contribution in [2.45, 2.75) is 57.1 Å². The van der Waals surface area contributed by atoms with Crippen LogP contribution in [0.1, 0.15) is 38.8 Å². The smallest absolute Gasteiger partial charge is 0.399 e. The third-order valence-corrected chi connectivity index (χ3v) is 4.79. The number of benzene rings is 1. The second-order valence-electron chi connectivity index (χ2n) is 6.29. The summed E-state index contributed by atoms with van der Waals surface area (Å²) in [5.74, 6) is 2.69. The maximum Gasteiger partial charge on any atom is 0.494 e. The molecule has 0 aliphatic carbocycles. The average molecular weight is 288 g/mol. The number of hydrogen-bond donors (Lipinski definition) is 1. The number of hydrogen-bond acceptors (Lipinski definition) is 3. The molecule has 2 nitrogen and oxygen atoms in total. The highest BCUT2D eigenvalue weighted by atomic mass is 32.1. The molecule has 106 valence electrons. The molecule has 1 aliphatic heterocycles. The van der Waals surface area contributed by atoms with Gasteiger partial charge < -0.3 is 9.31 Å². The first-order valence-corrected chi connectivity index (χ1v) is 7.24. The van der Waals surface area contributed by atoms with Crippen LogP contribution in [0.15, 0.2) is 17.0 Å². The highest BCUT2D eigenvalue weighted by molar-refractivity contribution is 7.80. The molecule has 0 N–H and O–H groups in total. The predicted octanol–water partition coefficient (Wildman–Crippen LogP) is 2.76. The van der Waals surface area contributed by atoms with E-state index in [1.165, 1.54) is 0 Å². The Balaban J connectivity index is 2.39. The van der Waals surface area contributed by atoms with Crippen molar-refractivity contribution in [1.82, 2.24) is 0 Å². The van der Waals surface area contributed by atoms with Crippen molar-refractivity contribution in [3.8, 4) is 12.3 Å². The number of thiol groups is 1. The Morgan fingerprint density at radius 3 is 2.25 bits per heavy atom. The summed E-state index contributed by atoms with van der Waals surface area (Å²) in [6.45, 7) is 10.2. The summed E-state index contributed by atoms with van der Waals surface area (Å²) in [6, 6.07) is 4.07. The van der Waals surface area contributed by atoms with E-state index in [1.807, 2.05) is 40.7 Å². The SMILES string of the molecule is C#CCc1cc(B2OC(C)(C)C(C)(C)O2)cc(S)c1C. The van der Waals surface area contributed by atoms with Gasteiger partial charge in [-0.15, -0.1) is 25.0 Å².